The van der Waals surface area contributed by atoms with Crippen LogP contribution in [0.15, 0.2) is 60.7 Å². The van der Waals surface area contributed by atoms with Crippen molar-refractivity contribution < 1.29 is 4.79 Å². The van der Waals surface area contributed by atoms with Gasteiger partial charge in [0.15, 0.2) is 0 Å². The summed E-state index contributed by atoms with van der Waals surface area (Å²) in [7, 11) is 1.92. The first-order valence-electron chi connectivity index (χ1n) is 7.57. The van der Waals surface area contributed by atoms with E-state index in [-0.39, 0.29) is 11.3 Å². The van der Waals surface area contributed by atoms with Gasteiger partial charge in [0.1, 0.15) is 0 Å². The Morgan fingerprint density at radius 2 is 1.57 bits per heavy atom. The Hall–Kier alpha value is -2.09. The Morgan fingerprint density at radius 3 is 2.10 bits per heavy atom. The van der Waals surface area contributed by atoms with Gasteiger partial charge in [-0.25, -0.2) is 0 Å². The molecular weight excluding hydrogens is 258 g/mol. The minimum atomic E-state index is -0.287. The minimum Gasteiger partial charge on any atom is -0.341 e. The van der Waals surface area contributed by atoms with E-state index in [1.54, 1.807) is 0 Å². The highest BCUT2D eigenvalue weighted by Gasteiger charge is 2.46. The summed E-state index contributed by atoms with van der Waals surface area (Å²) in [4.78, 5) is 14.9. The van der Waals surface area contributed by atoms with Gasteiger partial charge in [-0.2, -0.15) is 0 Å². The largest absolute Gasteiger partial charge is 0.341 e. The summed E-state index contributed by atoms with van der Waals surface area (Å²) >= 11 is 0. The van der Waals surface area contributed by atoms with Gasteiger partial charge in [-0.1, -0.05) is 67.1 Å². The third-order valence-corrected chi connectivity index (χ3v) is 4.55. The first-order valence-corrected chi connectivity index (χ1v) is 7.57. The Labute approximate surface area is 126 Å². The van der Waals surface area contributed by atoms with Crippen LogP contribution in [0.3, 0.4) is 0 Å². The molecule has 1 fully saturated rings. The molecule has 1 aliphatic carbocycles. The summed E-state index contributed by atoms with van der Waals surface area (Å²) in [5.41, 5.74) is 2.06. The topological polar surface area (TPSA) is 20.3 Å². The first-order chi connectivity index (χ1) is 10.2. The van der Waals surface area contributed by atoms with Crippen molar-refractivity contribution in [2.24, 2.45) is 0 Å². The standard InChI is InChI=1S/C19H21NO/c1-20(15-16-9-4-2-5-10-16)18(21)19(13-8-14-19)17-11-6-3-7-12-17/h2-7,9-12H,8,13-15H2,1H3. The summed E-state index contributed by atoms with van der Waals surface area (Å²) in [5.74, 6) is 0.254. The third kappa shape index (κ3) is 2.58. The van der Waals surface area contributed by atoms with Gasteiger partial charge in [0, 0.05) is 13.6 Å². The van der Waals surface area contributed by atoms with Crippen LogP contribution in [0.25, 0.3) is 0 Å². The smallest absolute Gasteiger partial charge is 0.233 e. The molecule has 0 bridgehead atoms. The van der Waals surface area contributed by atoms with Gasteiger partial charge in [0.25, 0.3) is 0 Å². The highest BCUT2D eigenvalue weighted by atomic mass is 16.2. The molecule has 2 aromatic rings. The molecule has 1 aliphatic rings. The molecule has 0 saturated heterocycles. The summed E-state index contributed by atoms with van der Waals surface area (Å²) in [5, 5.41) is 0. The van der Waals surface area contributed by atoms with Gasteiger partial charge in [-0.3, -0.25) is 4.79 Å². The molecule has 2 nitrogen and oxygen atoms in total. The average Bonchev–Trinajstić information content (AvgIpc) is 2.48. The fraction of sp³-hybridized carbons (Fsp3) is 0.316. The highest BCUT2D eigenvalue weighted by Crippen LogP contribution is 2.45. The number of carbonyl (C=O) groups excluding carboxylic acids is 1. The second-order valence-corrected chi connectivity index (χ2v) is 5.95. The molecule has 2 heteroatoms. The van der Waals surface area contributed by atoms with Crippen LogP contribution in [0, 0.1) is 0 Å². The Morgan fingerprint density at radius 1 is 1.00 bits per heavy atom. The van der Waals surface area contributed by atoms with Gasteiger partial charge < -0.3 is 4.90 Å². The lowest BCUT2D eigenvalue weighted by Crippen LogP contribution is -2.49. The van der Waals surface area contributed by atoms with Crippen molar-refractivity contribution in [3.8, 4) is 0 Å². The SMILES string of the molecule is CN(Cc1ccccc1)C(=O)C1(c2ccccc2)CCC1. The number of likely N-dealkylation sites (N-methyl/N-ethyl adjacent to an activating group) is 1. The summed E-state index contributed by atoms with van der Waals surface area (Å²) in [6.07, 6.45) is 3.07. The van der Waals surface area contributed by atoms with E-state index in [2.05, 4.69) is 24.3 Å². The number of carbonyl (C=O) groups is 1. The Kier molecular flexibility index (Phi) is 3.78. The predicted molar refractivity (Wildman–Crippen MR) is 84.9 cm³/mol. The van der Waals surface area contributed by atoms with Crippen LogP contribution in [-0.4, -0.2) is 17.9 Å². The monoisotopic (exact) mass is 279 g/mol. The van der Waals surface area contributed by atoms with Crippen molar-refractivity contribution in [1.82, 2.24) is 4.90 Å². The van der Waals surface area contributed by atoms with Gasteiger partial charge in [0.05, 0.1) is 5.41 Å². The fourth-order valence-electron chi connectivity index (χ4n) is 3.21. The Bertz CT molecular complexity index is 602. The molecule has 2 aromatic carbocycles. The molecule has 0 aliphatic heterocycles. The molecule has 0 radical (unpaired) electrons. The molecule has 0 heterocycles. The lowest BCUT2D eigenvalue weighted by atomic mass is 9.63. The molecular formula is C19H21NO. The lowest BCUT2D eigenvalue weighted by Gasteiger charge is -2.43. The number of hydrogen-bond donors (Lipinski definition) is 0. The van der Waals surface area contributed by atoms with E-state index >= 15 is 0 Å². The molecule has 3 rings (SSSR count). The molecule has 0 unspecified atom stereocenters. The van der Waals surface area contributed by atoms with Crippen molar-refractivity contribution in [1.29, 1.82) is 0 Å². The van der Waals surface area contributed by atoms with Gasteiger partial charge >= 0.3 is 0 Å². The summed E-state index contributed by atoms with van der Waals surface area (Å²) < 4.78 is 0. The molecule has 0 atom stereocenters. The maximum Gasteiger partial charge on any atom is 0.233 e. The number of amides is 1. The molecule has 0 N–H and O–H groups in total. The van der Waals surface area contributed by atoms with Crippen molar-refractivity contribution in [3.05, 3.63) is 71.8 Å². The zero-order valence-corrected chi connectivity index (χ0v) is 12.5. The van der Waals surface area contributed by atoms with Crippen LogP contribution < -0.4 is 0 Å². The van der Waals surface area contributed by atoms with Crippen LogP contribution in [0.4, 0.5) is 0 Å². The van der Waals surface area contributed by atoms with Gasteiger partial charge in [0.2, 0.25) is 5.91 Å². The predicted octanol–water partition coefficient (Wildman–Crippen LogP) is 3.77. The highest BCUT2D eigenvalue weighted by molar-refractivity contribution is 5.89. The van der Waals surface area contributed by atoms with E-state index in [1.165, 1.54) is 11.1 Å². The number of nitrogens with zero attached hydrogens (tertiary/aromatic N) is 1. The van der Waals surface area contributed by atoms with Crippen molar-refractivity contribution >= 4 is 5.91 Å². The number of hydrogen-bond acceptors (Lipinski definition) is 1. The zero-order valence-electron chi connectivity index (χ0n) is 12.5. The first kappa shape index (κ1) is 13.9. The van der Waals surface area contributed by atoms with Crippen LogP contribution in [0.1, 0.15) is 30.4 Å². The van der Waals surface area contributed by atoms with Crippen molar-refractivity contribution in [3.63, 3.8) is 0 Å². The molecule has 21 heavy (non-hydrogen) atoms. The lowest BCUT2D eigenvalue weighted by molar-refractivity contribution is -0.140. The van der Waals surface area contributed by atoms with Crippen LogP contribution in [-0.2, 0) is 16.8 Å². The molecule has 0 spiro atoms. The maximum absolute atomic E-state index is 13.0. The number of rotatable bonds is 4. The molecule has 1 amide bonds. The van der Waals surface area contributed by atoms with Crippen LogP contribution >= 0.6 is 0 Å². The number of benzene rings is 2. The van der Waals surface area contributed by atoms with Crippen molar-refractivity contribution in [2.75, 3.05) is 7.05 Å². The van der Waals surface area contributed by atoms with E-state index in [0.717, 1.165) is 19.3 Å². The molecule has 0 aromatic heterocycles. The van der Waals surface area contributed by atoms with E-state index in [9.17, 15) is 4.79 Å². The van der Waals surface area contributed by atoms with Crippen LogP contribution in [0.2, 0.25) is 0 Å². The zero-order chi connectivity index (χ0) is 14.7. The Balaban J connectivity index is 1.80. The molecule has 1 saturated carbocycles. The summed E-state index contributed by atoms with van der Waals surface area (Å²) in [6.45, 7) is 0.675. The van der Waals surface area contributed by atoms with Gasteiger partial charge in [-0.15, -0.1) is 0 Å². The van der Waals surface area contributed by atoms with E-state index in [4.69, 9.17) is 0 Å². The normalized spacial score (nSPS) is 16.0. The van der Waals surface area contributed by atoms with Gasteiger partial charge in [-0.05, 0) is 24.0 Å². The second kappa shape index (κ2) is 5.72. The second-order valence-electron chi connectivity index (χ2n) is 5.95. The molecule has 108 valence electrons. The third-order valence-electron chi connectivity index (χ3n) is 4.55. The fourth-order valence-corrected chi connectivity index (χ4v) is 3.21. The van der Waals surface area contributed by atoms with Crippen LogP contribution in [0.5, 0.6) is 0 Å². The maximum atomic E-state index is 13.0. The van der Waals surface area contributed by atoms with E-state index in [0.29, 0.717) is 6.54 Å². The minimum absolute atomic E-state index is 0.254. The van der Waals surface area contributed by atoms with Crippen molar-refractivity contribution in [2.45, 2.75) is 31.2 Å². The van der Waals surface area contributed by atoms with E-state index < -0.39 is 0 Å². The van der Waals surface area contributed by atoms with E-state index in [1.807, 2.05) is 48.3 Å². The summed E-state index contributed by atoms with van der Waals surface area (Å²) in [6, 6.07) is 20.4. The quantitative estimate of drug-likeness (QED) is 0.834. The average molecular weight is 279 g/mol.